The van der Waals surface area contributed by atoms with E-state index in [4.69, 9.17) is 9.26 Å². The van der Waals surface area contributed by atoms with Crippen LogP contribution in [-0.2, 0) is 11.3 Å². The Morgan fingerprint density at radius 3 is 2.71 bits per heavy atom. The Morgan fingerprint density at radius 1 is 1.29 bits per heavy atom. The normalized spacial score (nSPS) is 16.2. The lowest BCUT2D eigenvalue weighted by atomic mass is 9.94. The van der Waals surface area contributed by atoms with Crippen LogP contribution in [0.15, 0.2) is 46.3 Å². The van der Waals surface area contributed by atoms with Gasteiger partial charge in [-0.15, -0.1) is 11.3 Å². The average Bonchev–Trinajstić information content (AvgIpc) is 3.50. The molecule has 3 aromatic rings. The molecule has 31 heavy (non-hydrogen) atoms. The SMILES string of the molecule is CCC(NC(=O)C1CCN(Cc2nc(-c3cccs3)no2)CC1)c1ccc(OC)cc1. The van der Waals surface area contributed by atoms with Gasteiger partial charge >= 0.3 is 0 Å². The minimum absolute atomic E-state index is 0.0190. The van der Waals surface area contributed by atoms with Gasteiger partial charge in [-0.3, -0.25) is 9.69 Å². The summed E-state index contributed by atoms with van der Waals surface area (Å²) in [7, 11) is 1.65. The lowest BCUT2D eigenvalue weighted by Crippen LogP contribution is -2.41. The standard InChI is InChI=1S/C23H28N4O3S/c1-3-19(16-6-8-18(29-2)9-7-16)24-23(28)17-10-12-27(13-11-17)15-21-25-22(26-30-21)20-5-4-14-31-20/h4-9,14,17,19H,3,10-13,15H2,1-2H3,(H,24,28). The highest BCUT2D eigenvalue weighted by molar-refractivity contribution is 7.13. The fourth-order valence-corrected chi connectivity index (χ4v) is 4.57. The second-order valence-corrected chi connectivity index (χ2v) is 8.73. The third kappa shape index (κ3) is 5.32. The molecule has 0 spiro atoms. The van der Waals surface area contributed by atoms with Crippen LogP contribution in [0.3, 0.4) is 0 Å². The molecule has 1 atom stereocenters. The van der Waals surface area contributed by atoms with Gasteiger partial charge in [0.25, 0.3) is 0 Å². The molecule has 1 N–H and O–H groups in total. The number of carbonyl (C=O) groups excluding carboxylic acids is 1. The second kappa shape index (κ2) is 10.1. The Bertz CT molecular complexity index is 963. The Balaban J connectivity index is 1.27. The monoisotopic (exact) mass is 440 g/mol. The minimum Gasteiger partial charge on any atom is -0.497 e. The first-order valence-electron chi connectivity index (χ1n) is 10.7. The summed E-state index contributed by atoms with van der Waals surface area (Å²) in [5.41, 5.74) is 1.10. The largest absolute Gasteiger partial charge is 0.497 e. The van der Waals surface area contributed by atoms with Crippen LogP contribution in [0.2, 0.25) is 0 Å². The van der Waals surface area contributed by atoms with Crippen LogP contribution >= 0.6 is 11.3 Å². The molecule has 1 amide bonds. The maximum absolute atomic E-state index is 12.9. The zero-order chi connectivity index (χ0) is 21.6. The number of benzene rings is 1. The molecular weight excluding hydrogens is 412 g/mol. The lowest BCUT2D eigenvalue weighted by molar-refractivity contribution is -0.127. The highest BCUT2D eigenvalue weighted by Gasteiger charge is 2.27. The summed E-state index contributed by atoms with van der Waals surface area (Å²) in [4.78, 5) is 20.7. The molecule has 1 aliphatic heterocycles. The van der Waals surface area contributed by atoms with Crippen LogP contribution < -0.4 is 10.1 Å². The first-order chi connectivity index (χ1) is 15.2. The van der Waals surface area contributed by atoms with E-state index in [-0.39, 0.29) is 17.9 Å². The molecular formula is C23H28N4O3S. The number of thiophene rings is 1. The van der Waals surface area contributed by atoms with E-state index in [1.807, 2.05) is 41.8 Å². The fraction of sp³-hybridized carbons (Fsp3) is 0.435. The summed E-state index contributed by atoms with van der Waals surface area (Å²) < 4.78 is 10.6. The van der Waals surface area contributed by atoms with Crippen molar-refractivity contribution in [3.63, 3.8) is 0 Å². The predicted molar refractivity (Wildman–Crippen MR) is 120 cm³/mol. The van der Waals surface area contributed by atoms with E-state index in [9.17, 15) is 4.79 Å². The Hall–Kier alpha value is -2.71. The Morgan fingerprint density at radius 2 is 2.06 bits per heavy atom. The minimum atomic E-state index is 0.0190. The number of likely N-dealkylation sites (tertiary alicyclic amines) is 1. The van der Waals surface area contributed by atoms with Crippen molar-refractivity contribution >= 4 is 17.2 Å². The summed E-state index contributed by atoms with van der Waals surface area (Å²) in [5, 5.41) is 9.31. The third-order valence-electron chi connectivity index (χ3n) is 5.77. The zero-order valence-electron chi connectivity index (χ0n) is 17.9. The number of nitrogens with zero attached hydrogens (tertiary/aromatic N) is 3. The van der Waals surface area contributed by atoms with Crippen LogP contribution in [-0.4, -0.2) is 41.1 Å². The van der Waals surface area contributed by atoms with Gasteiger partial charge < -0.3 is 14.6 Å². The first kappa shape index (κ1) is 21.5. The number of hydrogen-bond donors (Lipinski definition) is 1. The van der Waals surface area contributed by atoms with Crippen LogP contribution in [0.5, 0.6) is 5.75 Å². The van der Waals surface area contributed by atoms with Crippen molar-refractivity contribution in [3.8, 4) is 16.5 Å². The summed E-state index contributed by atoms with van der Waals surface area (Å²) >= 11 is 1.60. The molecule has 8 heteroatoms. The van der Waals surface area contributed by atoms with E-state index in [2.05, 4.69) is 27.3 Å². The van der Waals surface area contributed by atoms with E-state index < -0.39 is 0 Å². The van der Waals surface area contributed by atoms with Gasteiger partial charge in [0.05, 0.1) is 24.6 Å². The molecule has 164 valence electrons. The molecule has 0 bridgehead atoms. The number of hydrogen-bond acceptors (Lipinski definition) is 7. The maximum Gasteiger partial charge on any atom is 0.241 e. The number of ether oxygens (including phenoxy) is 1. The van der Waals surface area contributed by atoms with Crippen molar-refractivity contribution in [2.24, 2.45) is 5.92 Å². The van der Waals surface area contributed by atoms with Crippen molar-refractivity contribution in [1.29, 1.82) is 0 Å². The molecule has 4 rings (SSSR count). The molecule has 1 saturated heterocycles. The van der Waals surface area contributed by atoms with E-state index in [0.717, 1.165) is 48.5 Å². The lowest BCUT2D eigenvalue weighted by Gasteiger charge is -2.31. The number of nitrogens with one attached hydrogen (secondary N) is 1. The highest BCUT2D eigenvalue weighted by atomic mass is 32.1. The van der Waals surface area contributed by atoms with Gasteiger partial charge in [0.2, 0.25) is 17.6 Å². The molecule has 2 aromatic heterocycles. The number of rotatable bonds is 8. The average molecular weight is 441 g/mol. The van der Waals surface area contributed by atoms with Crippen LogP contribution in [0.25, 0.3) is 10.7 Å². The summed E-state index contributed by atoms with van der Waals surface area (Å²) in [6.45, 7) is 4.39. The molecule has 1 fully saturated rings. The molecule has 0 saturated carbocycles. The number of aromatic nitrogens is 2. The van der Waals surface area contributed by atoms with Gasteiger partial charge in [-0.25, -0.2) is 0 Å². The number of carbonyl (C=O) groups is 1. The van der Waals surface area contributed by atoms with E-state index in [1.54, 1.807) is 18.4 Å². The van der Waals surface area contributed by atoms with E-state index in [1.165, 1.54) is 0 Å². The van der Waals surface area contributed by atoms with Crippen molar-refractivity contribution in [3.05, 3.63) is 53.2 Å². The molecule has 1 aliphatic rings. The second-order valence-electron chi connectivity index (χ2n) is 7.78. The van der Waals surface area contributed by atoms with Gasteiger partial charge in [0.15, 0.2) is 0 Å². The zero-order valence-corrected chi connectivity index (χ0v) is 18.7. The first-order valence-corrected chi connectivity index (χ1v) is 11.6. The van der Waals surface area contributed by atoms with Gasteiger partial charge in [0, 0.05) is 5.92 Å². The Labute approximate surface area is 186 Å². The third-order valence-corrected chi connectivity index (χ3v) is 6.64. The van der Waals surface area contributed by atoms with E-state index in [0.29, 0.717) is 18.3 Å². The van der Waals surface area contributed by atoms with Gasteiger partial charge in [-0.1, -0.05) is 30.3 Å². The topological polar surface area (TPSA) is 80.5 Å². The highest BCUT2D eigenvalue weighted by Crippen LogP contribution is 2.25. The number of piperidine rings is 1. The maximum atomic E-state index is 12.9. The van der Waals surface area contributed by atoms with Gasteiger partial charge in [-0.2, -0.15) is 4.98 Å². The van der Waals surface area contributed by atoms with Crippen molar-refractivity contribution in [2.75, 3.05) is 20.2 Å². The molecule has 0 radical (unpaired) electrons. The molecule has 1 aromatic carbocycles. The summed E-state index contributed by atoms with van der Waals surface area (Å²) in [6.07, 6.45) is 2.51. The molecule has 1 unspecified atom stereocenters. The van der Waals surface area contributed by atoms with Crippen molar-refractivity contribution < 1.29 is 14.1 Å². The van der Waals surface area contributed by atoms with Crippen molar-refractivity contribution in [1.82, 2.24) is 20.4 Å². The van der Waals surface area contributed by atoms with E-state index >= 15 is 0 Å². The van der Waals surface area contributed by atoms with Crippen molar-refractivity contribution in [2.45, 2.75) is 38.8 Å². The molecule has 0 aliphatic carbocycles. The fourth-order valence-electron chi connectivity index (χ4n) is 3.92. The van der Waals surface area contributed by atoms with Gasteiger partial charge in [-0.05, 0) is 61.5 Å². The van der Waals surface area contributed by atoms with Crippen LogP contribution in [0, 0.1) is 5.92 Å². The smallest absolute Gasteiger partial charge is 0.241 e. The number of amides is 1. The summed E-state index contributed by atoms with van der Waals surface area (Å²) in [5.74, 6) is 2.26. The Kier molecular flexibility index (Phi) is 6.99. The summed E-state index contributed by atoms with van der Waals surface area (Å²) in [6, 6.07) is 11.9. The van der Waals surface area contributed by atoms with Crippen LogP contribution in [0.4, 0.5) is 0 Å². The number of methoxy groups -OCH3 is 1. The quantitative estimate of drug-likeness (QED) is 0.563. The predicted octanol–water partition coefficient (Wildman–Crippen LogP) is 4.29. The van der Waals surface area contributed by atoms with Gasteiger partial charge in [0.1, 0.15) is 5.75 Å². The molecule has 3 heterocycles. The van der Waals surface area contributed by atoms with Crippen LogP contribution in [0.1, 0.15) is 43.7 Å². The molecule has 7 nitrogen and oxygen atoms in total.